The van der Waals surface area contributed by atoms with Gasteiger partial charge in [-0.05, 0) is 20.5 Å². The molecular formula is C8H15N3. The van der Waals surface area contributed by atoms with Crippen molar-refractivity contribution >= 4 is 0 Å². The normalized spacial score (nSPS) is 30.7. The molecule has 11 heavy (non-hydrogen) atoms. The highest BCUT2D eigenvalue weighted by atomic mass is 15.2. The Labute approximate surface area is 68.0 Å². The summed E-state index contributed by atoms with van der Waals surface area (Å²) in [4.78, 5) is 2.21. The molecule has 1 saturated heterocycles. The van der Waals surface area contributed by atoms with E-state index in [4.69, 9.17) is 5.26 Å². The van der Waals surface area contributed by atoms with Gasteiger partial charge < -0.3 is 10.2 Å². The predicted molar refractivity (Wildman–Crippen MR) is 44.1 cm³/mol. The molecule has 0 aliphatic carbocycles. The van der Waals surface area contributed by atoms with Crippen LogP contribution < -0.4 is 5.32 Å². The van der Waals surface area contributed by atoms with Gasteiger partial charge in [-0.25, -0.2) is 0 Å². The molecule has 2 atom stereocenters. The molecule has 0 bridgehead atoms. The number of nitrogens with zero attached hydrogens (tertiary/aromatic N) is 2. The van der Waals surface area contributed by atoms with Crippen molar-refractivity contribution in [1.29, 1.82) is 5.26 Å². The Balaban J connectivity index is 2.30. The molecular weight excluding hydrogens is 138 g/mol. The van der Waals surface area contributed by atoms with Crippen molar-refractivity contribution < 1.29 is 0 Å². The molecule has 0 aromatic rings. The van der Waals surface area contributed by atoms with Crippen molar-refractivity contribution in [2.45, 2.75) is 24.9 Å². The maximum Gasteiger partial charge on any atom is 0.0638 e. The first kappa shape index (κ1) is 8.51. The molecule has 3 nitrogen and oxygen atoms in total. The van der Waals surface area contributed by atoms with Gasteiger partial charge in [-0.3, -0.25) is 0 Å². The maximum absolute atomic E-state index is 8.45. The summed E-state index contributed by atoms with van der Waals surface area (Å²) < 4.78 is 0. The summed E-state index contributed by atoms with van der Waals surface area (Å²) in [5.74, 6) is 0. The highest BCUT2D eigenvalue weighted by Gasteiger charge is 2.24. The van der Waals surface area contributed by atoms with Crippen molar-refractivity contribution in [1.82, 2.24) is 10.2 Å². The first-order valence-electron chi connectivity index (χ1n) is 4.01. The van der Waals surface area contributed by atoms with Crippen molar-refractivity contribution in [3.8, 4) is 6.07 Å². The van der Waals surface area contributed by atoms with Gasteiger partial charge in [0.05, 0.1) is 12.5 Å². The van der Waals surface area contributed by atoms with Crippen molar-refractivity contribution in [2.75, 3.05) is 20.6 Å². The Morgan fingerprint density at radius 3 is 2.82 bits per heavy atom. The van der Waals surface area contributed by atoms with Crippen LogP contribution in [0.4, 0.5) is 0 Å². The van der Waals surface area contributed by atoms with E-state index in [1.807, 2.05) is 0 Å². The zero-order valence-electron chi connectivity index (χ0n) is 7.17. The average molecular weight is 153 g/mol. The highest BCUT2D eigenvalue weighted by Crippen LogP contribution is 2.12. The second-order valence-electron chi connectivity index (χ2n) is 3.32. The Morgan fingerprint density at radius 2 is 2.36 bits per heavy atom. The fourth-order valence-corrected chi connectivity index (χ4v) is 1.46. The molecule has 0 unspecified atom stereocenters. The molecule has 0 saturated carbocycles. The lowest BCUT2D eigenvalue weighted by atomic mass is 10.1. The Kier molecular flexibility index (Phi) is 2.86. The third kappa shape index (κ3) is 2.18. The van der Waals surface area contributed by atoms with E-state index in [-0.39, 0.29) is 0 Å². The molecule has 1 heterocycles. The van der Waals surface area contributed by atoms with Crippen molar-refractivity contribution in [2.24, 2.45) is 0 Å². The molecule has 62 valence electrons. The van der Waals surface area contributed by atoms with E-state index in [2.05, 4.69) is 30.4 Å². The van der Waals surface area contributed by atoms with Gasteiger partial charge in [-0.1, -0.05) is 0 Å². The lowest BCUT2D eigenvalue weighted by Gasteiger charge is -2.17. The van der Waals surface area contributed by atoms with Crippen LogP contribution in [-0.4, -0.2) is 37.6 Å². The molecule has 0 amide bonds. The summed E-state index contributed by atoms with van der Waals surface area (Å²) in [7, 11) is 4.17. The monoisotopic (exact) mass is 153 g/mol. The van der Waals surface area contributed by atoms with Crippen LogP contribution in [0.15, 0.2) is 0 Å². The van der Waals surface area contributed by atoms with Gasteiger partial charge in [0.25, 0.3) is 0 Å². The smallest absolute Gasteiger partial charge is 0.0638 e. The summed E-state index contributed by atoms with van der Waals surface area (Å²) in [6.45, 7) is 1.03. The van der Waals surface area contributed by atoms with E-state index in [0.29, 0.717) is 18.5 Å². The van der Waals surface area contributed by atoms with E-state index in [1.165, 1.54) is 0 Å². The fourth-order valence-electron chi connectivity index (χ4n) is 1.46. The van der Waals surface area contributed by atoms with Crippen LogP contribution in [-0.2, 0) is 0 Å². The maximum atomic E-state index is 8.45. The zero-order chi connectivity index (χ0) is 8.27. The SMILES string of the molecule is CN(C)[C@@H]1CN[C@H](CC#N)C1. The van der Waals surface area contributed by atoms with Gasteiger partial charge in [0.15, 0.2) is 0 Å². The van der Waals surface area contributed by atoms with Crippen LogP contribution in [0.25, 0.3) is 0 Å². The Bertz CT molecular complexity index is 159. The van der Waals surface area contributed by atoms with Crippen LogP contribution in [0.2, 0.25) is 0 Å². The second kappa shape index (κ2) is 3.70. The summed E-state index contributed by atoms with van der Waals surface area (Å²) in [5.41, 5.74) is 0. The lowest BCUT2D eigenvalue weighted by Crippen LogP contribution is -2.29. The largest absolute Gasteiger partial charge is 0.311 e. The van der Waals surface area contributed by atoms with E-state index in [0.717, 1.165) is 13.0 Å². The number of nitriles is 1. The van der Waals surface area contributed by atoms with Crippen molar-refractivity contribution in [3.05, 3.63) is 0 Å². The minimum atomic E-state index is 0.424. The van der Waals surface area contributed by atoms with Crippen molar-refractivity contribution in [3.63, 3.8) is 0 Å². The third-order valence-electron chi connectivity index (χ3n) is 2.27. The second-order valence-corrected chi connectivity index (χ2v) is 3.32. The topological polar surface area (TPSA) is 39.1 Å². The quantitative estimate of drug-likeness (QED) is 0.615. The lowest BCUT2D eigenvalue weighted by molar-refractivity contribution is 0.309. The van der Waals surface area contributed by atoms with Crippen LogP contribution in [0.3, 0.4) is 0 Å². The molecule has 0 spiro atoms. The van der Waals surface area contributed by atoms with Gasteiger partial charge in [0.1, 0.15) is 0 Å². The van der Waals surface area contributed by atoms with Crippen LogP contribution in [0, 0.1) is 11.3 Å². The first-order chi connectivity index (χ1) is 5.24. The minimum absolute atomic E-state index is 0.424. The molecule has 3 heteroatoms. The minimum Gasteiger partial charge on any atom is -0.311 e. The number of rotatable bonds is 2. The molecule has 1 fully saturated rings. The number of hydrogen-bond donors (Lipinski definition) is 1. The molecule has 0 aromatic heterocycles. The van der Waals surface area contributed by atoms with Gasteiger partial charge in [-0.15, -0.1) is 0 Å². The Morgan fingerprint density at radius 1 is 1.64 bits per heavy atom. The molecule has 0 aromatic carbocycles. The first-order valence-corrected chi connectivity index (χ1v) is 4.01. The van der Waals surface area contributed by atoms with Gasteiger partial charge in [0, 0.05) is 18.6 Å². The van der Waals surface area contributed by atoms with Gasteiger partial charge >= 0.3 is 0 Å². The van der Waals surface area contributed by atoms with E-state index < -0.39 is 0 Å². The summed E-state index contributed by atoms with van der Waals surface area (Å²) in [6, 6.07) is 3.23. The summed E-state index contributed by atoms with van der Waals surface area (Å²) >= 11 is 0. The van der Waals surface area contributed by atoms with Crippen LogP contribution in [0.5, 0.6) is 0 Å². The highest BCUT2D eigenvalue weighted by molar-refractivity contribution is 4.91. The number of nitrogens with one attached hydrogen (secondary N) is 1. The standard InChI is InChI=1S/C8H15N3/c1-11(2)8-5-7(3-4-9)10-6-8/h7-8,10H,3,5-6H2,1-2H3/t7-,8+/m1/s1. The van der Waals surface area contributed by atoms with Gasteiger partial charge in [-0.2, -0.15) is 5.26 Å². The fraction of sp³-hybridized carbons (Fsp3) is 0.875. The zero-order valence-corrected chi connectivity index (χ0v) is 7.17. The number of likely N-dealkylation sites (N-methyl/N-ethyl adjacent to an activating group) is 1. The molecule has 1 N–H and O–H groups in total. The third-order valence-corrected chi connectivity index (χ3v) is 2.27. The Hall–Kier alpha value is -0.590. The van der Waals surface area contributed by atoms with E-state index in [9.17, 15) is 0 Å². The molecule has 1 aliphatic heterocycles. The predicted octanol–water partition coefficient (Wildman–Crippen LogP) is 0.192. The van der Waals surface area contributed by atoms with E-state index in [1.54, 1.807) is 0 Å². The van der Waals surface area contributed by atoms with E-state index >= 15 is 0 Å². The van der Waals surface area contributed by atoms with Gasteiger partial charge in [0.2, 0.25) is 0 Å². The molecule has 1 rings (SSSR count). The summed E-state index contributed by atoms with van der Waals surface area (Å²) in [6.07, 6.45) is 1.75. The molecule has 0 radical (unpaired) electrons. The average Bonchev–Trinajstić information content (AvgIpc) is 2.37. The van der Waals surface area contributed by atoms with Crippen LogP contribution >= 0.6 is 0 Å². The summed E-state index contributed by atoms with van der Waals surface area (Å²) in [5, 5.41) is 11.8. The molecule has 1 aliphatic rings. The van der Waals surface area contributed by atoms with Crippen LogP contribution in [0.1, 0.15) is 12.8 Å². The number of hydrogen-bond acceptors (Lipinski definition) is 3.